The zero-order chi connectivity index (χ0) is 11.5. The third-order valence-electron chi connectivity index (χ3n) is 3.18. The van der Waals surface area contributed by atoms with Crippen molar-refractivity contribution in [1.82, 2.24) is 14.9 Å². The standard InChI is InChI=1S/C13H19N3/c1-10(2)16(3)7-5-11-8-15-13-4-6-14-9-12(11)13/h4,6,8-10,15H,5,7H2,1-3H3. The maximum Gasteiger partial charge on any atom is 0.0487 e. The topological polar surface area (TPSA) is 31.9 Å². The molecule has 16 heavy (non-hydrogen) atoms. The second kappa shape index (κ2) is 4.66. The Labute approximate surface area is 96.5 Å². The van der Waals surface area contributed by atoms with Crippen LogP contribution in [0.25, 0.3) is 10.9 Å². The molecule has 0 saturated heterocycles. The van der Waals surface area contributed by atoms with Crippen molar-refractivity contribution in [2.24, 2.45) is 0 Å². The number of nitrogens with one attached hydrogen (secondary N) is 1. The van der Waals surface area contributed by atoms with Crippen molar-refractivity contribution in [2.75, 3.05) is 13.6 Å². The molecular formula is C13H19N3. The molecule has 0 fully saturated rings. The van der Waals surface area contributed by atoms with Gasteiger partial charge in [-0.2, -0.15) is 0 Å². The lowest BCUT2D eigenvalue weighted by molar-refractivity contribution is 0.278. The molecule has 86 valence electrons. The highest BCUT2D eigenvalue weighted by Gasteiger charge is 2.06. The van der Waals surface area contributed by atoms with Crippen molar-refractivity contribution in [3.63, 3.8) is 0 Å². The van der Waals surface area contributed by atoms with Gasteiger partial charge in [0.05, 0.1) is 0 Å². The van der Waals surface area contributed by atoms with Gasteiger partial charge >= 0.3 is 0 Å². The third kappa shape index (κ3) is 2.25. The fourth-order valence-electron chi connectivity index (χ4n) is 1.78. The van der Waals surface area contributed by atoms with Crippen LogP contribution in [-0.4, -0.2) is 34.5 Å². The van der Waals surface area contributed by atoms with E-state index < -0.39 is 0 Å². The summed E-state index contributed by atoms with van der Waals surface area (Å²) in [7, 11) is 2.16. The molecule has 0 aliphatic rings. The summed E-state index contributed by atoms with van der Waals surface area (Å²) >= 11 is 0. The van der Waals surface area contributed by atoms with Gasteiger partial charge in [0.2, 0.25) is 0 Å². The minimum absolute atomic E-state index is 0.600. The normalized spacial score (nSPS) is 11.8. The van der Waals surface area contributed by atoms with Crippen molar-refractivity contribution in [2.45, 2.75) is 26.3 Å². The number of pyridine rings is 1. The van der Waals surface area contributed by atoms with Crippen molar-refractivity contribution in [3.8, 4) is 0 Å². The Morgan fingerprint density at radius 3 is 3.00 bits per heavy atom. The Bertz CT molecular complexity index is 459. The number of H-pyrrole nitrogens is 1. The minimum Gasteiger partial charge on any atom is -0.361 e. The molecule has 0 spiro atoms. The van der Waals surface area contributed by atoms with Gasteiger partial charge in [-0.05, 0) is 38.9 Å². The molecule has 0 aliphatic carbocycles. The largest absolute Gasteiger partial charge is 0.361 e. The number of hydrogen-bond donors (Lipinski definition) is 1. The smallest absolute Gasteiger partial charge is 0.0487 e. The van der Waals surface area contributed by atoms with E-state index in [9.17, 15) is 0 Å². The number of rotatable bonds is 4. The van der Waals surface area contributed by atoms with E-state index in [-0.39, 0.29) is 0 Å². The van der Waals surface area contributed by atoms with Crippen LogP contribution in [0.5, 0.6) is 0 Å². The number of aromatic nitrogens is 2. The molecule has 2 aromatic rings. The molecule has 3 heteroatoms. The van der Waals surface area contributed by atoms with Crippen LogP contribution in [0, 0.1) is 0 Å². The second-order valence-corrected chi connectivity index (χ2v) is 4.56. The first-order valence-corrected chi connectivity index (χ1v) is 5.78. The predicted octanol–water partition coefficient (Wildman–Crippen LogP) is 2.45. The van der Waals surface area contributed by atoms with E-state index in [1.165, 1.54) is 16.5 Å². The van der Waals surface area contributed by atoms with Gasteiger partial charge in [-0.3, -0.25) is 4.98 Å². The average Bonchev–Trinajstić information content (AvgIpc) is 2.69. The average molecular weight is 217 g/mol. The molecule has 0 saturated carbocycles. The summed E-state index contributed by atoms with van der Waals surface area (Å²) in [6.07, 6.45) is 6.93. The van der Waals surface area contributed by atoms with Crippen LogP contribution in [0.2, 0.25) is 0 Å². The molecule has 0 aromatic carbocycles. The highest BCUT2D eigenvalue weighted by atomic mass is 15.1. The van der Waals surface area contributed by atoms with E-state index in [1.807, 2.05) is 18.5 Å². The van der Waals surface area contributed by atoms with Crippen LogP contribution in [0.3, 0.4) is 0 Å². The van der Waals surface area contributed by atoms with Crippen LogP contribution in [0.15, 0.2) is 24.7 Å². The molecular weight excluding hydrogens is 198 g/mol. The predicted molar refractivity (Wildman–Crippen MR) is 67.6 cm³/mol. The van der Waals surface area contributed by atoms with Gasteiger partial charge < -0.3 is 9.88 Å². The molecule has 3 nitrogen and oxygen atoms in total. The summed E-state index contributed by atoms with van der Waals surface area (Å²) in [6, 6.07) is 2.62. The number of hydrogen-bond acceptors (Lipinski definition) is 2. The molecule has 0 unspecified atom stereocenters. The lowest BCUT2D eigenvalue weighted by Crippen LogP contribution is -2.28. The Morgan fingerprint density at radius 1 is 1.44 bits per heavy atom. The first-order chi connectivity index (χ1) is 7.68. The van der Waals surface area contributed by atoms with Gasteiger partial charge in [0.1, 0.15) is 0 Å². The quantitative estimate of drug-likeness (QED) is 0.853. The number of aromatic amines is 1. The number of likely N-dealkylation sites (N-methyl/N-ethyl adjacent to an activating group) is 1. The van der Waals surface area contributed by atoms with Crippen LogP contribution in [0.4, 0.5) is 0 Å². The van der Waals surface area contributed by atoms with E-state index in [2.05, 4.69) is 42.0 Å². The first-order valence-electron chi connectivity index (χ1n) is 5.78. The molecule has 0 atom stereocenters. The summed E-state index contributed by atoms with van der Waals surface area (Å²) in [5, 5.41) is 1.25. The molecule has 0 aliphatic heterocycles. The molecule has 0 radical (unpaired) electrons. The van der Waals surface area contributed by atoms with Crippen LogP contribution in [-0.2, 0) is 6.42 Å². The molecule has 2 aromatic heterocycles. The van der Waals surface area contributed by atoms with Gasteiger partial charge in [0.25, 0.3) is 0 Å². The Morgan fingerprint density at radius 2 is 2.25 bits per heavy atom. The van der Waals surface area contributed by atoms with Gasteiger partial charge in [-0.1, -0.05) is 0 Å². The van der Waals surface area contributed by atoms with Gasteiger partial charge in [0.15, 0.2) is 0 Å². The lowest BCUT2D eigenvalue weighted by Gasteiger charge is -2.20. The SMILES string of the molecule is CC(C)N(C)CCc1c[nH]c2ccncc12. The maximum atomic E-state index is 4.17. The summed E-state index contributed by atoms with van der Waals surface area (Å²) in [4.78, 5) is 9.81. The Hall–Kier alpha value is -1.35. The summed E-state index contributed by atoms with van der Waals surface area (Å²) < 4.78 is 0. The third-order valence-corrected chi connectivity index (χ3v) is 3.18. The van der Waals surface area contributed by atoms with Crippen LogP contribution < -0.4 is 0 Å². The summed E-state index contributed by atoms with van der Waals surface area (Å²) in [5.74, 6) is 0. The number of fused-ring (bicyclic) bond motifs is 1. The second-order valence-electron chi connectivity index (χ2n) is 4.56. The highest BCUT2D eigenvalue weighted by Crippen LogP contribution is 2.17. The van der Waals surface area contributed by atoms with Crippen LogP contribution in [0.1, 0.15) is 19.4 Å². The van der Waals surface area contributed by atoms with E-state index in [4.69, 9.17) is 0 Å². The lowest BCUT2D eigenvalue weighted by atomic mass is 10.1. The Balaban J connectivity index is 2.10. The minimum atomic E-state index is 0.600. The van der Waals surface area contributed by atoms with Crippen molar-refractivity contribution >= 4 is 10.9 Å². The van der Waals surface area contributed by atoms with Gasteiger partial charge in [-0.15, -0.1) is 0 Å². The monoisotopic (exact) mass is 217 g/mol. The maximum absolute atomic E-state index is 4.17. The van der Waals surface area contributed by atoms with Crippen LogP contribution >= 0.6 is 0 Å². The summed E-state index contributed by atoms with van der Waals surface area (Å²) in [5.41, 5.74) is 2.54. The molecule has 1 N–H and O–H groups in total. The van der Waals surface area contributed by atoms with Crippen molar-refractivity contribution in [3.05, 3.63) is 30.2 Å². The fraction of sp³-hybridized carbons (Fsp3) is 0.462. The van der Waals surface area contributed by atoms with E-state index in [0.29, 0.717) is 6.04 Å². The van der Waals surface area contributed by atoms with E-state index in [1.54, 1.807) is 0 Å². The van der Waals surface area contributed by atoms with Crippen molar-refractivity contribution in [1.29, 1.82) is 0 Å². The van der Waals surface area contributed by atoms with E-state index >= 15 is 0 Å². The molecule has 2 heterocycles. The molecule has 2 rings (SSSR count). The fourth-order valence-corrected chi connectivity index (χ4v) is 1.78. The Kier molecular flexibility index (Phi) is 3.25. The highest BCUT2D eigenvalue weighted by molar-refractivity contribution is 5.81. The van der Waals surface area contributed by atoms with Gasteiger partial charge in [-0.25, -0.2) is 0 Å². The summed E-state index contributed by atoms with van der Waals surface area (Å²) in [6.45, 7) is 5.52. The van der Waals surface area contributed by atoms with Gasteiger partial charge in [0, 0.05) is 42.1 Å². The van der Waals surface area contributed by atoms with Crippen molar-refractivity contribution < 1.29 is 0 Å². The first kappa shape index (κ1) is 11.1. The van der Waals surface area contributed by atoms with E-state index in [0.717, 1.165) is 13.0 Å². The zero-order valence-corrected chi connectivity index (χ0v) is 10.2. The molecule has 0 amide bonds. The molecule has 0 bridgehead atoms. The zero-order valence-electron chi connectivity index (χ0n) is 10.2. The number of nitrogens with zero attached hydrogens (tertiary/aromatic N) is 2.